The van der Waals surface area contributed by atoms with E-state index in [0.717, 1.165) is 23.2 Å². The van der Waals surface area contributed by atoms with E-state index in [-0.39, 0.29) is 11.5 Å². The Morgan fingerprint density at radius 3 is 2.42 bits per heavy atom. The van der Waals surface area contributed by atoms with Gasteiger partial charge in [0.25, 0.3) is 11.5 Å². The first-order chi connectivity index (χ1) is 17.3. The first-order valence-electron chi connectivity index (χ1n) is 12.1. The van der Waals surface area contributed by atoms with E-state index in [2.05, 4.69) is 0 Å². The molecule has 0 aliphatic rings. The second-order valence-electron chi connectivity index (χ2n) is 8.97. The van der Waals surface area contributed by atoms with Crippen molar-refractivity contribution in [3.63, 3.8) is 0 Å². The summed E-state index contributed by atoms with van der Waals surface area (Å²) < 4.78 is 1.68. The molecule has 0 aliphatic heterocycles. The number of nitrogens with zero attached hydrogens (tertiary/aromatic N) is 3. The molecular formula is C29H29Cl2N3O2. The van der Waals surface area contributed by atoms with Gasteiger partial charge in [0, 0.05) is 12.1 Å². The van der Waals surface area contributed by atoms with Crippen molar-refractivity contribution in [3.05, 3.63) is 104 Å². The standard InChI is InChI=1S/C29H29Cl2N3O2/c1-5-15-33(28(35)20-12-13-22(30)23(31)17-20)25(6-2)27-32-24-10-8-7-9-21(24)29(36)34(27)26-14-11-18(3)16-19(26)4/h7-14,16-17,25H,5-6,15H2,1-4H3. The zero-order valence-electron chi connectivity index (χ0n) is 20.9. The molecule has 0 saturated carbocycles. The van der Waals surface area contributed by atoms with Crippen molar-refractivity contribution in [1.82, 2.24) is 14.5 Å². The summed E-state index contributed by atoms with van der Waals surface area (Å²) in [7, 11) is 0. The van der Waals surface area contributed by atoms with Crippen LogP contribution in [0.1, 0.15) is 60.0 Å². The summed E-state index contributed by atoms with van der Waals surface area (Å²) in [4.78, 5) is 34.5. The van der Waals surface area contributed by atoms with Crippen molar-refractivity contribution in [2.45, 2.75) is 46.6 Å². The Morgan fingerprint density at radius 1 is 1.00 bits per heavy atom. The van der Waals surface area contributed by atoms with Gasteiger partial charge in [0.1, 0.15) is 5.82 Å². The second-order valence-corrected chi connectivity index (χ2v) is 9.78. The zero-order chi connectivity index (χ0) is 26.0. The Balaban J connectivity index is 1.97. The third-order valence-electron chi connectivity index (χ3n) is 6.35. The highest BCUT2D eigenvalue weighted by molar-refractivity contribution is 6.42. The summed E-state index contributed by atoms with van der Waals surface area (Å²) in [5.41, 5.74) is 3.72. The van der Waals surface area contributed by atoms with Gasteiger partial charge in [-0.25, -0.2) is 4.98 Å². The maximum Gasteiger partial charge on any atom is 0.266 e. The molecule has 4 rings (SSSR count). The Hall–Kier alpha value is -3.15. The minimum absolute atomic E-state index is 0.153. The summed E-state index contributed by atoms with van der Waals surface area (Å²) >= 11 is 12.3. The molecule has 186 valence electrons. The van der Waals surface area contributed by atoms with Crippen LogP contribution in [-0.4, -0.2) is 26.9 Å². The van der Waals surface area contributed by atoms with Crippen molar-refractivity contribution in [2.75, 3.05) is 6.54 Å². The molecule has 0 radical (unpaired) electrons. The first-order valence-corrected chi connectivity index (χ1v) is 12.9. The number of hydrogen-bond donors (Lipinski definition) is 0. The lowest BCUT2D eigenvalue weighted by Crippen LogP contribution is -2.39. The van der Waals surface area contributed by atoms with E-state index in [1.807, 2.05) is 64.1 Å². The average molecular weight is 522 g/mol. The molecule has 0 aliphatic carbocycles. The predicted octanol–water partition coefficient (Wildman–Crippen LogP) is 7.31. The highest BCUT2D eigenvalue weighted by atomic mass is 35.5. The first kappa shape index (κ1) is 25.9. The minimum Gasteiger partial charge on any atom is -0.328 e. The molecule has 1 atom stereocenters. The Kier molecular flexibility index (Phi) is 7.82. The van der Waals surface area contributed by atoms with Crippen LogP contribution in [0.15, 0.2) is 65.5 Å². The van der Waals surface area contributed by atoms with Crippen LogP contribution in [-0.2, 0) is 0 Å². The molecule has 0 spiro atoms. The number of hydrogen-bond acceptors (Lipinski definition) is 3. The average Bonchev–Trinajstić information content (AvgIpc) is 2.86. The molecule has 1 heterocycles. The summed E-state index contributed by atoms with van der Waals surface area (Å²) in [5, 5.41) is 1.25. The fourth-order valence-corrected chi connectivity index (χ4v) is 4.94. The molecule has 7 heteroatoms. The van der Waals surface area contributed by atoms with Gasteiger partial charge in [0.05, 0.1) is 32.7 Å². The zero-order valence-corrected chi connectivity index (χ0v) is 22.4. The highest BCUT2D eigenvalue weighted by Crippen LogP contribution is 2.30. The van der Waals surface area contributed by atoms with Gasteiger partial charge in [-0.15, -0.1) is 0 Å². The van der Waals surface area contributed by atoms with Crippen molar-refractivity contribution in [3.8, 4) is 5.69 Å². The molecule has 36 heavy (non-hydrogen) atoms. The lowest BCUT2D eigenvalue weighted by molar-refractivity contribution is 0.0659. The van der Waals surface area contributed by atoms with Gasteiger partial charge in [-0.1, -0.05) is 66.9 Å². The molecule has 1 amide bonds. The van der Waals surface area contributed by atoms with Crippen LogP contribution in [0.2, 0.25) is 10.0 Å². The summed E-state index contributed by atoms with van der Waals surface area (Å²) in [6.45, 7) is 8.52. The van der Waals surface area contributed by atoms with Gasteiger partial charge >= 0.3 is 0 Å². The molecule has 1 aromatic heterocycles. The Labute approximate surface area is 221 Å². The van der Waals surface area contributed by atoms with Crippen molar-refractivity contribution in [2.24, 2.45) is 0 Å². The van der Waals surface area contributed by atoms with Gasteiger partial charge in [-0.2, -0.15) is 0 Å². The molecular weight excluding hydrogens is 493 g/mol. The smallest absolute Gasteiger partial charge is 0.266 e. The van der Waals surface area contributed by atoms with Crippen LogP contribution in [0.25, 0.3) is 16.6 Å². The van der Waals surface area contributed by atoms with E-state index < -0.39 is 6.04 Å². The number of rotatable bonds is 7. The maximum absolute atomic E-state index is 13.9. The number of carbonyl (C=O) groups is 1. The monoisotopic (exact) mass is 521 g/mol. The molecule has 0 bridgehead atoms. The lowest BCUT2D eigenvalue weighted by atomic mass is 10.1. The van der Waals surface area contributed by atoms with Crippen LogP contribution >= 0.6 is 23.2 Å². The summed E-state index contributed by atoms with van der Waals surface area (Å²) in [5.74, 6) is 0.354. The third-order valence-corrected chi connectivity index (χ3v) is 7.09. The van der Waals surface area contributed by atoms with Gasteiger partial charge < -0.3 is 4.90 Å². The fraction of sp³-hybridized carbons (Fsp3) is 0.276. The van der Waals surface area contributed by atoms with E-state index >= 15 is 0 Å². The highest BCUT2D eigenvalue weighted by Gasteiger charge is 2.30. The van der Waals surface area contributed by atoms with E-state index in [4.69, 9.17) is 28.2 Å². The van der Waals surface area contributed by atoms with E-state index in [9.17, 15) is 9.59 Å². The Bertz CT molecular complexity index is 1500. The van der Waals surface area contributed by atoms with Crippen LogP contribution < -0.4 is 5.56 Å². The molecule has 0 saturated heterocycles. The van der Waals surface area contributed by atoms with Crippen molar-refractivity contribution in [1.29, 1.82) is 0 Å². The molecule has 0 N–H and O–H groups in total. The summed E-state index contributed by atoms with van der Waals surface area (Å²) in [6.07, 6.45) is 1.31. The quantitative estimate of drug-likeness (QED) is 0.256. The van der Waals surface area contributed by atoms with Crippen LogP contribution in [0.4, 0.5) is 0 Å². The fourth-order valence-electron chi connectivity index (χ4n) is 4.64. The molecule has 3 aromatic carbocycles. The SMILES string of the molecule is CCCN(C(=O)c1ccc(Cl)c(Cl)c1)C(CC)c1nc2ccccc2c(=O)n1-c1ccc(C)cc1C. The number of fused-ring (bicyclic) bond motifs is 1. The number of benzene rings is 3. The molecule has 1 unspecified atom stereocenters. The van der Waals surface area contributed by atoms with Gasteiger partial charge in [0.2, 0.25) is 0 Å². The number of para-hydroxylation sites is 1. The van der Waals surface area contributed by atoms with Gasteiger partial charge in [-0.3, -0.25) is 14.2 Å². The number of amides is 1. The van der Waals surface area contributed by atoms with E-state index in [1.54, 1.807) is 33.7 Å². The van der Waals surface area contributed by atoms with Crippen molar-refractivity contribution >= 4 is 40.0 Å². The summed E-state index contributed by atoms with van der Waals surface area (Å²) in [6, 6.07) is 17.8. The normalized spacial score (nSPS) is 12.1. The second kappa shape index (κ2) is 10.9. The number of aryl methyl sites for hydroxylation is 2. The number of carbonyl (C=O) groups excluding carboxylic acids is 1. The topological polar surface area (TPSA) is 55.2 Å². The molecule has 5 nitrogen and oxygen atoms in total. The van der Waals surface area contributed by atoms with Crippen LogP contribution in [0.3, 0.4) is 0 Å². The lowest BCUT2D eigenvalue weighted by Gasteiger charge is -2.32. The van der Waals surface area contributed by atoms with Gasteiger partial charge in [-0.05, 0) is 68.7 Å². The minimum atomic E-state index is -0.440. The Morgan fingerprint density at radius 2 is 1.75 bits per heavy atom. The molecule has 0 fully saturated rings. The van der Waals surface area contributed by atoms with Gasteiger partial charge in [0.15, 0.2) is 0 Å². The molecule has 4 aromatic rings. The maximum atomic E-state index is 13.9. The van der Waals surface area contributed by atoms with E-state index in [0.29, 0.717) is 45.3 Å². The predicted molar refractivity (Wildman–Crippen MR) is 148 cm³/mol. The van der Waals surface area contributed by atoms with Crippen molar-refractivity contribution < 1.29 is 4.79 Å². The number of halogens is 2. The van der Waals surface area contributed by atoms with Crippen LogP contribution in [0, 0.1) is 13.8 Å². The largest absolute Gasteiger partial charge is 0.328 e. The van der Waals surface area contributed by atoms with E-state index in [1.165, 1.54) is 0 Å². The van der Waals surface area contributed by atoms with Crippen LogP contribution in [0.5, 0.6) is 0 Å². The number of aromatic nitrogens is 2. The third kappa shape index (κ3) is 4.91.